The lowest BCUT2D eigenvalue weighted by molar-refractivity contribution is 0.194. The maximum Gasteiger partial charge on any atom is 0.213 e. The van der Waals surface area contributed by atoms with Crippen LogP contribution in [0.15, 0.2) is 47.6 Å². The van der Waals surface area contributed by atoms with Gasteiger partial charge in [0.15, 0.2) is 17.3 Å². The number of nitrogens with zero attached hydrogens (tertiary/aromatic N) is 8. The Bertz CT molecular complexity index is 1020. The fraction of sp³-hybridized carbons (Fsp3) is 0.333. The number of aromatic nitrogens is 7. The molecule has 4 aromatic heterocycles. The first-order chi connectivity index (χ1) is 13.4. The standard InChI is InChI=1S/C18H18N8O/c1-2-14(10-19-7-1)15-3-4-17-21-22-18(26(17)23-15)13-5-8-25(9-6-13)11-16-20-12-27-24-16/h1-4,7,10,12-13H,5-6,8-9,11H2. The van der Waals surface area contributed by atoms with Crippen molar-refractivity contribution in [1.29, 1.82) is 0 Å². The second-order valence-corrected chi connectivity index (χ2v) is 6.69. The zero-order valence-electron chi connectivity index (χ0n) is 14.6. The second kappa shape index (κ2) is 6.84. The Morgan fingerprint density at radius 2 is 2.04 bits per heavy atom. The largest absolute Gasteiger partial charge is 0.343 e. The molecule has 0 N–H and O–H groups in total. The molecule has 27 heavy (non-hydrogen) atoms. The molecule has 1 saturated heterocycles. The SMILES string of the molecule is c1cncc(-c2ccc3nnc(C4CCN(Cc5ncon5)CC4)n3n2)c1. The Balaban J connectivity index is 1.36. The highest BCUT2D eigenvalue weighted by Gasteiger charge is 2.25. The van der Waals surface area contributed by atoms with E-state index in [4.69, 9.17) is 9.62 Å². The van der Waals surface area contributed by atoms with E-state index in [0.717, 1.165) is 54.5 Å². The molecular weight excluding hydrogens is 344 g/mol. The van der Waals surface area contributed by atoms with E-state index in [1.54, 1.807) is 6.20 Å². The lowest BCUT2D eigenvalue weighted by Crippen LogP contribution is -2.33. The summed E-state index contributed by atoms with van der Waals surface area (Å²) in [5, 5.41) is 17.4. The molecule has 0 amide bonds. The average molecular weight is 362 g/mol. The van der Waals surface area contributed by atoms with Crippen molar-refractivity contribution in [3.63, 3.8) is 0 Å². The molecule has 5 heterocycles. The molecule has 0 unspecified atom stereocenters. The fourth-order valence-corrected chi connectivity index (χ4v) is 3.54. The van der Waals surface area contributed by atoms with Crippen LogP contribution in [0.3, 0.4) is 0 Å². The van der Waals surface area contributed by atoms with Crippen LogP contribution in [0.5, 0.6) is 0 Å². The Kier molecular flexibility index (Phi) is 4.06. The summed E-state index contributed by atoms with van der Waals surface area (Å²) >= 11 is 0. The third-order valence-electron chi connectivity index (χ3n) is 4.97. The van der Waals surface area contributed by atoms with Crippen LogP contribution in [0.1, 0.15) is 30.4 Å². The molecule has 0 atom stereocenters. The van der Waals surface area contributed by atoms with Gasteiger partial charge in [0, 0.05) is 23.9 Å². The van der Waals surface area contributed by atoms with Gasteiger partial charge in [0.1, 0.15) is 0 Å². The molecule has 1 fully saturated rings. The van der Waals surface area contributed by atoms with Crippen LogP contribution >= 0.6 is 0 Å². The molecule has 9 nitrogen and oxygen atoms in total. The van der Waals surface area contributed by atoms with Crippen molar-refractivity contribution in [2.75, 3.05) is 13.1 Å². The van der Waals surface area contributed by atoms with Crippen molar-refractivity contribution in [3.8, 4) is 11.3 Å². The van der Waals surface area contributed by atoms with Crippen LogP contribution in [0, 0.1) is 0 Å². The minimum absolute atomic E-state index is 0.332. The number of pyridine rings is 1. The quantitative estimate of drug-likeness (QED) is 0.543. The summed E-state index contributed by atoms with van der Waals surface area (Å²) in [5.41, 5.74) is 2.62. The Hall–Kier alpha value is -3.20. The zero-order chi connectivity index (χ0) is 18.1. The topological polar surface area (TPSA) is 98.1 Å². The lowest BCUT2D eigenvalue weighted by atomic mass is 9.96. The van der Waals surface area contributed by atoms with Crippen molar-refractivity contribution in [2.24, 2.45) is 0 Å². The van der Waals surface area contributed by atoms with Gasteiger partial charge in [-0.15, -0.1) is 10.2 Å². The predicted octanol–water partition coefficient (Wildman–Crippen LogP) is 1.95. The first-order valence-electron chi connectivity index (χ1n) is 8.97. The number of rotatable bonds is 4. The summed E-state index contributed by atoms with van der Waals surface area (Å²) in [7, 11) is 0. The molecule has 0 bridgehead atoms. The van der Waals surface area contributed by atoms with Crippen molar-refractivity contribution in [3.05, 3.63) is 54.7 Å². The first-order valence-corrected chi connectivity index (χ1v) is 8.97. The van der Waals surface area contributed by atoms with Gasteiger partial charge in [0.05, 0.1) is 12.2 Å². The number of piperidine rings is 1. The Labute approximate surface area is 155 Å². The van der Waals surface area contributed by atoms with Gasteiger partial charge in [0.2, 0.25) is 6.39 Å². The predicted molar refractivity (Wildman–Crippen MR) is 95.6 cm³/mol. The van der Waals surface area contributed by atoms with Gasteiger partial charge in [-0.3, -0.25) is 9.88 Å². The molecule has 5 rings (SSSR count). The van der Waals surface area contributed by atoms with Gasteiger partial charge in [-0.05, 0) is 50.2 Å². The fourth-order valence-electron chi connectivity index (χ4n) is 3.54. The van der Waals surface area contributed by atoms with Crippen molar-refractivity contribution in [2.45, 2.75) is 25.3 Å². The maximum atomic E-state index is 4.81. The van der Waals surface area contributed by atoms with E-state index in [1.807, 2.05) is 35.0 Å². The smallest absolute Gasteiger partial charge is 0.213 e. The molecule has 9 heteroatoms. The third-order valence-corrected chi connectivity index (χ3v) is 4.97. The molecule has 1 aliphatic rings. The number of fused-ring (bicyclic) bond motifs is 1. The van der Waals surface area contributed by atoms with Crippen molar-refractivity contribution >= 4 is 5.65 Å². The normalized spacial score (nSPS) is 16.1. The minimum atomic E-state index is 0.332. The highest BCUT2D eigenvalue weighted by Crippen LogP contribution is 2.28. The molecule has 0 saturated carbocycles. The van der Waals surface area contributed by atoms with Crippen LogP contribution in [0.4, 0.5) is 0 Å². The highest BCUT2D eigenvalue weighted by molar-refractivity contribution is 5.58. The minimum Gasteiger partial charge on any atom is -0.343 e. The molecule has 0 aromatic carbocycles. The number of hydrogen-bond donors (Lipinski definition) is 0. The molecule has 4 aromatic rings. The van der Waals surface area contributed by atoms with Gasteiger partial charge in [-0.2, -0.15) is 14.6 Å². The van der Waals surface area contributed by atoms with Crippen LogP contribution in [0.25, 0.3) is 16.9 Å². The lowest BCUT2D eigenvalue weighted by Gasteiger charge is -2.29. The van der Waals surface area contributed by atoms with Crippen molar-refractivity contribution < 1.29 is 4.52 Å². The Morgan fingerprint density at radius 1 is 1.11 bits per heavy atom. The van der Waals surface area contributed by atoms with E-state index in [9.17, 15) is 0 Å². The summed E-state index contributed by atoms with van der Waals surface area (Å²) in [5.74, 6) is 1.98. The number of likely N-dealkylation sites (tertiary alicyclic amines) is 1. The van der Waals surface area contributed by atoms with E-state index in [-0.39, 0.29) is 0 Å². The maximum absolute atomic E-state index is 4.81. The molecular formula is C18H18N8O. The van der Waals surface area contributed by atoms with Crippen LogP contribution < -0.4 is 0 Å². The van der Waals surface area contributed by atoms with Gasteiger partial charge < -0.3 is 4.52 Å². The number of hydrogen-bond acceptors (Lipinski definition) is 8. The van der Waals surface area contributed by atoms with Gasteiger partial charge in [-0.25, -0.2) is 0 Å². The zero-order valence-corrected chi connectivity index (χ0v) is 14.6. The average Bonchev–Trinajstić information content (AvgIpc) is 3.39. The summed E-state index contributed by atoms with van der Waals surface area (Å²) in [6, 6.07) is 7.82. The van der Waals surface area contributed by atoms with Gasteiger partial charge >= 0.3 is 0 Å². The van der Waals surface area contributed by atoms with Crippen molar-refractivity contribution in [1.82, 2.24) is 39.8 Å². The van der Waals surface area contributed by atoms with Crippen LogP contribution in [-0.4, -0.2) is 52.9 Å². The third kappa shape index (κ3) is 3.17. The summed E-state index contributed by atoms with van der Waals surface area (Å²) in [4.78, 5) is 10.6. The van der Waals surface area contributed by atoms with Crippen LogP contribution in [0.2, 0.25) is 0 Å². The first kappa shape index (κ1) is 16.0. The van der Waals surface area contributed by atoms with Gasteiger partial charge in [-0.1, -0.05) is 5.16 Å². The van der Waals surface area contributed by atoms with Crippen LogP contribution in [-0.2, 0) is 6.54 Å². The molecule has 0 radical (unpaired) electrons. The van der Waals surface area contributed by atoms with E-state index in [1.165, 1.54) is 6.39 Å². The van der Waals surface area contributed by atoms with Gasteiger partial charge in [0.25, 0.3) is 0 Å². The van der Waals surface area contributed by atoms with E-state index < -0.39 is 0 Å². The molecule has 0 spiro atoms. The summed E-state index contributed by atoms with van der Waals surface area (Å²) in [6.45, 7) is 2.63. The summed E-state index contributed by atoms with van der Waals surface area (Å²) in [6.07, 6.45) is 6.94. The molecule has 0 aliphatic carbocycles. The Morgan fingerprint density at radius 3 is 2.81 bits per heavy atom. The van der Waals surface area contributed by atoms with E-state index in [0.29, 0.717) is 12.5 Å². The highest BCUT2D eigenvalue weighted by atomic mass is 16.5. The second-order valence-electron chi connectivity index (χ2n) is 6.69. The molecule has 1 aliphatic heterocycles. The monoisotopic (exact) mass is 362 g/mol. The molecule has 136 valence electrons. The van der Waals surface area contributed by atoms with E-state index in [2.05, 4.69) is 30.2 Å². The summed E-state index contributed by atoms with van der Waals surface area (Å²) < 4.78 is 6.69. The van der Waals surface area contributed by atoms with E-state index >= 15 is 0 Å².